The Labute approximate surface area is 142 Å². The van der Waals surface area contributed by atoms with Gasteiger partial charge in [0.1, 0.15) is 5.69 Å². The molecule has 126 valence electrons. The second-order valence-electron chi connectivity index (χ2n) is 6.01. The van der Waals surface area contributed by atoms with Crippen molar-refractivity contribution in [2.75, 3.05) is 32.8 Å². The number of nitrogens with one attached hydrogen (secondary N) is 1. The Morgan fingerprint density at radius 1 is 1.17 bits per heavy atom. The summed E-state index contributed by atoms with van der Waals surface area (Å²) in [5, 5.41) is 3.14. The van der Waals surface area contributed by atoms with E-state index in [2.05, 4.69) is 27.3 Å². The number of morpholine rings is 1. The molecule has 1 fully saturated rings. The summed E-state index contributed by atoms with van der Waals surface area (Å²) in [6.07, 6.45) is 0. The zero-order chi connectivity index (χ0) is 16.8. The van der Waals surface area contributed by atoms with Crippen molar-refractivity contribution in [2.24, 2.45) is 0 Å². The van der Waals surface area contributed by atoms with Gasteiger partial charge in [0.15, 0.2) is 0 Å². The summed E-state index contributed by atoms with van der Waals surface area (Å²) in [6.45, 7) is 5.93. The molecule has 2 aromatic rings. The molecule has 1 unspecified atom stereocenters. The van der Waals surface area contributed by atoms with Gasteiger partial charge in [-0.15, -0.1) is 0 Å². The molecule has 2 heterocycles. The number of rotatable bonds is 5. The van der Waals surface area contributed by atoms with E-state index in [1.165, 1.54) is 0 Å². The fourth-order valence-electron chi connectivity index (χ4n) is 2.86. The normalized spacial score (nSPS) is 16.5. The first-order valence-corrected chi connectivity index (χ1v) is 8.32. The Morgan fingerprint density at radius 3 is 2.62 bits per heavy atom. The summed E-state index contributed by atoms with van der Waals surface area (Å²) in [5.41, 5.74) is 2.40. The Morgan fingerprint density at radius 2 is 1.92 bits per heavy atom. The van der Waals surface area contributed by atoms with Crippen LogP contribution in [0, 0.1) is 6.92 Å². The van der Waals surface area contributed by atoms with Crippen molar-refractivity contribution in [2.45, 2.75) is 13.0 Å². The first-order valence-electron chi connectivity index (χ1n) is 8.32. The molecule has 5 heteroatoms. The lowest BCUT2D eigenvalue weighted by Gasteiger charge is -2.31. The van der Waals surface area contributed by atoms with E-state index in [4.69, 9.17) is 4.74 Å². The predicted octanol–water partition coefficient (Wildman–Crippen LogP) is 2.19. The summed E-state index contributed by atoms with van der Waals surface area (Å²) in [6, 6.07) is 15.5. The number of aromatic nitrogens is 1. The van der Waals surface area contributed by atoms with Crippen LogP contribution in [0.25, 0.3) is 0 Å². The van der Waals surface area contributed by atoms with Crippen LogP contribution in [-0.2, 0) is 4.74 Å². The highest BCUT2D eigenvalue weighted by Crippen LogP contribution is 2.16. The number of hydrogen-bond acceptors (Lipinski definition) is 4. The van der Waals surface area contributed by atoms with Crippen LogP contribution in [0.1, 0.15) is 27.8 Å². The number of pyridine rings is 1. The molecule has 0 saturated carbocycles. The third-order valence-electron chi connectivity index (χ3n) is 4.17. The molecule has 1 saturated heterocycles. The molecular weight excluding hydrogens is 302 g/mol. The maximum absolute atomic E-state index is 12.6. The maximum atomic E-state index is 12.6. The molecule has 0 bridgehead atoms. The van der Waals surface area contributed by atoms with Crippen molar-refractivity contribution in [3.8, 4) is 0 Å². The standard InChI is InChI=1S/C19H23N3O2/c1-15-6-5-9-17(20-15)19(23)21-18(16-7-3-2-4-8-16)14-22-10-12-24-13-11-22/h2-9,18H,10-14H2,1H3,(H,21,23). The van der Waals surface area contributed by atoms with Crippen molar-refractivity contribution in [3.05, 3.63) is 65.5 Å². The monoisotopic (exact) mass is 325 g/mol. The summed E-state index contributed by atoms with van der Waals surface area (Å²) >= 11 is 0. The lowest BCUT2D eigenvalue weighted by Crippen LogP contribution is -2.43. The highest BCUT2D eigenvalue weighted by molar-refractivity contribution is 5.92. The molecule has 1 aliphatic rings. The highest BCUT2D eigenvalue weighted by Gasteiger charge is 2.21. The summed E-state index contributed by atoms with van der Waals surface area (Å²) in [4.78, 5) is 19.3. The Hall–Kier alpha value is -2.24. The summed E-state index contributed by atoms with van der Waals surface area (Å²) < 4.78 is 5.41. The second-order valence-corrected chi connectivity index (χ2v) is 6.01. The van der Waals surface area contributed by atoms with E-state index < -0.39 is 0 Å². The molecule has 24 heavy (non-hydrogen) atoms. The van der Waals surface area contributed by atoms with Crippen LogP contribution in [0.2, 0.25) is 0 Å². The molecule has 5 nitrogen and oxygen atoms in total. The third kappa shape index (κ3) is 4.40. The quantitative estimate of drug-likeness (QED) is 0.916. The number of hydrogen-bond donors (Lipinski definition) is 1. The number of aryl methyl sites for hydroxylation is 1. The molecule has 0 aliphatic carbocycles. The minimum atomic E-state index is -0.138. The number of nitrogens with zero attached hydrogens (tertiary/aromatic N) is 2. The lowest BCUT2D eigenvalue weighted by atomic mass is 10.1. The maximum Gasteiger partial charge on any atom is 0.270 e. The molecule has 0 radical (unpaired) electrons. The minimum absolute atomic E-state index is 0.0703. The van der Waals surface area contributed by atoms with Crippen LogP contribution < -0.4 is 5.32 Å². The number of amides is 1. The first-order chi connectivity index (χ1) is 11.7. The SMILES string of the molecule is Cc1cccc(C(=O)NC(CN2CCOCC2)c2ccccc2)n1. The Bertz CT molecular complexity index is 669. The van der Waals surface area contributed by atoms with Gasteiger partial charge in [-0.1, -0.05) is 36.4 Å². The molecule has 3 rings (SSSR count). The number of carbonyl (C=O) groups is 1. The average molecular weight is 325 g/mol. The molecule has 1 N–H and O–H groups in total. The van der Waals surface area contributed by atoms with Crippen LogP contribution in [-0.4, -0.2) is 48.6 Å². The smallest absolute Gasteiger partial charge is 0.270 e. The average Bonchev–Trinajstić information content (AvgIpc) is 2.63. The van der Waals surface area contributed by atoms with E-state index in [1.807, 2.05) is 37.3 Å². The van der Waals surface area contributed by atoms with Gasteiger partial charge in [0.05, 0.1) is 19.3 Å². The Kier molecular flexibility index (Phi) is 5.56. The number of carbonyl (C=O) groups excluding carboxylic acids is 1. The van der Waals surface area contributed by atoms with Crippen molar-refractivity contribution in [3.63, 3.8) is 0 Å². The highest BCUT2D eigenvalue weighted by atomic mass is 16.5. The van der Waals surface area contributed by atoms with E-state index in [1.54, 1.807) is 6.07 Å². The lowest BCUT2D eigenvalue weighted by molar-refractivity contribution is 0.0332. The number of benzene rings is 1. The van der Waals surface area contributed by atoms with Gasteiger partial charge in [0.25, 0.3) is 5.91 Å². The van der Waals surface area contributed by atoms with Gasteiger partial charge < -0.3 is 10.1 Å². The third-order valence-corrected chi connectivity index (χ3v) is 4.17. The molecule has 1 aliphatic heterocycles. The van der Waals surface area contributed by atoms with Gasteiger partial charge in [0.2, 0.25) is 0 Å². The van der Waals surface area contributed by atoms with E-state index in [0.717, 1.165) is 44.1 Å². The second kappa shape index (κ2) is 8.04. The van der Waals surface area contributed by atoms with E-state index in [9.17, 15) is 4.79 Å². The van der Waals surface area contributed by atoms with Gasteiger partial charge in [-0.05, 0) is 24.6 Å². The molecule has 1 aromatic heterocycles. The summed E-state index contributed by atoms with van der Waals surface area (Å²) in [5.74, 6) is -0.138. The first kappa shape index (κ1) is 16.6. The van der Waals surface area contributed by atoms with Gasteiger partial charge in [-0.25, -0.2) is 4.98 Å². The van der Waals surface area contributed by atoms with Gasteiger partial charge in [0, 0.05) is 25.3 Å². The van der Waals surface area contributed by atoms with Gasteiger partial charge in [-0.2, -0.15) is 0 Å². The molecule has 1 amide bonds. The minimum Gasteiger partial charge on any atom is -0.379 e. The van der Waals surface area contributed by atoms with Crippen LogP contribution >= 0.6 is 0 Å². The zero-order valence-corrected chi connectivity index (χ0v) is 13.9. The van der Waals surface area contributed by atoms with Crippen LogP contribution in [0.3, 0.4) is 0 Å². The topological polar surface area (TPSA) is 54.5 Å². The van der Waals surface area contributed by atoms with Crippen molar-refractivity contribution < 1.29 is 9.53 Å². The van der Waals surface area contributed by atoms with Crippen LogP contribution in [0.5, 0.6) is 0 Å². The number of ether oxygens (including phenoxy) is 1. The Balaban J connectivity index is 1.75. The predicted molar refractivity (Wildman–Crippen MR) is 92.9 cm³/mol. The van der Waals surface area contributed by atoms with Crippen molar-refractivity contribution in [1.82, 2.24) is 15.2 Å². The molecule has 1 aromatic carbocycles. The van der Waals surface area contributed by atoms with Gasteiger partial charge >= 0.3 is 0 Å². The van der Waals surface area contributed by atoms with E-state index >= 15 is 0 Å². The van der Waals surface area contributed by atoms with Crippen molar-refractivity contribution in [1.29, 1.82) is 0 Å². The zero-order valence-electron chi connectivity index (χ0n) is 13.9. The largest absolute Gasteiger partial charge is 0.379 e. The fourth-order valence-corrected chi connectivity index (χ4v) is 2.86. The summed E-state index contributed by atoms with van der Waals surface area (Å²) in [7, 11) is 0. The molecule has 0 spiro atoms. The fraction of sp³-hybridized carbons (Fsp3) is 0.368. The van der Waals surface area contributed by atoms with Gasteiger partial charge in [-0.3, -0.25) is 9.69 Å². The van der Waals surface area contributed by atoms with Crippen molar-refractivity contribution >= 4 is 5.91 Å². The van der Waals surface area contributed by atoms with E-state index in [-0.39, 0.29) is 11.9 Å². The van der Waals surface area contributed by atoms with E-state index in [0.29, 0.717) is 5.69 Å². The van der Waals surface area contributed by atoms with Crippen LogP contribution in [0.4, 0.5) is 0 Å². The molecular formula is C19H23N3O2. The van der Waals surface area contributed by atoms with Crippen LogP contribution in [0.15, 0.2) is 48.5 Å². The molecule has 1 atom stereocenters.